The molecule has 3 rings (SSSR count). The largest absolute Gasteiger partial charge is 0.378 e. The number of halogens is 1. The van der Waals surface area contributed by atoms with Gasteiger partial charge in [-0.15, -0.1) is 0 Å². The SMILES string of the molecule is Cc1cc(N2C[C@H](F)C[C@H]2C(=O)N2CCOCC2)nc(C)n1. The number of hydrogen-bond acceptors (Lipinski definition) is 5. The van der Waals surface area contributed by atoms with Crippen LogP contribution in [0, 0.1) is 13.8 Å². The van der Waals surface area contributed by atoms with E-state index in [1.807, 2.05) is 13.0 Å². The molecular weight excluding hydrogens is 287 g/mol. The van der Waals surface area contributed by atoms with Crippen LogP contribution in [0.15, 0.2) is 6.07 Å². The summed E-state index contributed by atoms with van der Waals surface area (Å²) in [4.78, 5) is 24.9. The minimum Gasteiger partial charge on any atom is -0.378 e. The molecule has 2 atom stereocenters. The zero-order valence-corrected chi connectivity index (χ0v) is 13.0. The zero-order valence-electron chi connectivity index (χ0n) is 13.0. The molecule has 0 bridgehead atoms. The lowest BCUT2D eigenvalue weighted by Gasteiger charge is -2.32. The van der Waals surface area contributed by atoms with Crippen LogP contribution in [0.5, 0.6) is 0 Å². The summed E-state index contributed by atoms with van der Waals surface area (Å²) in [6.45, 7) is 6.12. The highest BCUT2D eigenvalue weighted by Gasteiger charge is 2.40. The predicted octanol–water partition coefficient (Wildman–Crippen LogP) is 0.869. The third kappa shape index (κ3) is 3.04. The maximum atomic E-state index is 14.0. The fourth-order valence-electron chi connectivity index (χ4n) is 3.11. The van der Waals surface area contributed by atoms with E-state index in [0.29, 0.717) is 37.9 Å². The van der Waals surface area contributed by atoms with Gasteiger partial charge < -0.3 is 14.5 Å². The summed E-state index contributed by atoms with van der Waals surface area (Å²) in [6.07, 6.45) is -0.788. The monoisotopic (exact) mass is 308 g/mol. The van der Waals surface area contributed by atoms with Gasteiger partial charge in [0.1, 0.15) is 23.9 Å². The van der Waals surface area contributed by atoms with Crippen molar-refractivity contribution in [2.24, 2.45) is 0 Å². The predicted molar refractivity (Wildman–Crippen MR) is 79.6 cm³/mol. The Morgan fingerprint density at radius 3 is 2.73 bits per heavy atom. The number of carbonyl (C=O) groups is 1. The fraction of sp³-hybridized carbons (Fsp3) is 0.667. The first-order valence-electron chi connectivity index (χ1n) is 7.64. The molecule has 0 spiro atoms. The van der Waals surface area contributed by atoms with Crippen molar-refractivity contribution in [3.8, 4) is 0 Å². The summed E-state index contributed by atoms with van der Waals surface area (Å²) in [6, 6.07) is 1.33. The van der Waals surface area contributed by atoms with E-state index in [2.05, 4.69) is 9.97 Å². The first kappa shape index (κ1) is 15.1. The molecule has 120 valence electrons. The van der Waals surface area contributed by atoms with E-state index in [4.69, 9.17) is 4.74 Å². The third-order valence-electron chi connectivity index (χ3n) is 4.10. The molecule has 1 aromatic rings. The van der Waals surface area contributed by atoms with E-state index >= 15 is 0 Å². The highest BCUT2D eigenvalue weighted by atomic mass is 19.1. The van der Waals surface area contributed by atoms with Crippen LogP contribution in [0.1, 0.15) is 17.9 Å². The summed E-state index contributed by atoms with van der Waals surface area (Å²) in [5, 5.41) is 0. The topological polar surface area (TPSA) is 58.6 Å². The number of anilines is 1. The van der Waals surface area contributed by atoms with Crippen LogP contribution in [-0.2, 0) is 9.53 Å². The van der Waals surface area contributed by atoms with Crippen molar-refractivity contribution in [3.63, 3.8) is 0 Å². The normalized spacial score (nSPS) is 25.6. The number of alkyl halides is 1. The van der Waals surface area contributed by atoms with Gasteiger partial charge in [0.25, 0.3) is 0 Å². The number of amides is 1. The molecule has 0 saturated carbocycles. The molecule has 0 N–H and O–H groups in total. The molecule has 22 heavy (non-hydrogen) atoms. The lowest BCUT2D eigenvalue weighted by Crippen LogP contribution is -2.50. The minimum absolute atomic E-state index is 0.0302. The molecule has 7 heteroatoms. The van der Waals surface area contributed by atoms with E-state index in [0.717, 1.165) is 5.69 Å². The number of ether oxygens (including phenoxy) is 1. The second-order valence-corrected chi connectivity index (χ2v) is 5.85. The van der Waals surface area contributed by atoms with Gasteiger partial charge in [-0.2, -0.15) is 0 Å². The molecule has 3 heterocycles. The highest BCUT2D eigenvalue weighted by molar-refractivity contribution is 5.86. The van der Waals surface area contributed by atoms with Crippen LogP contribution in [0.4, 0.5) is 10.2 Å². The van der Waals surface area contributed by atoms with Crippen LogP contribution in [0.2, 0.25) is 0 Å². The van der Waals surface area contributed by atoms with Gasteiger partial charge in [0.05, 0.1) is 19.8 Å². The zero-order chi connectivity index (χ0) is 15.7. The molecule has 2 aliphatic rings. The first-order valence-corrected chi connectivity index (χ1v) is 7.64. The molecule has 2 aliphatic heterocycles. The Labute approximate surface area is 129 Å². The second-order valence-electron chi connectivity index (χ2n) is 5.85. The Morgan fingerprint density at radius 1 is 1.32 bits per heavy atom. The molecule has 6 nitrogen and oxygen atoms in total. The quantitative estimate of drug-likeness (QED) is 0.811. The smallest absolute Gasteiger partial charge is 0.245 e. The van der Waals surface area contributed by atoms with Gasteiger partial charge in [0.15, 0.2) is 0 Å². The Bertz CT molecular complexity index is 542. The molecule has 0 unspecified atom stereocenters. The summed E-state index contributed by atoms with van der Waals surface area (Å²) in [5.41, 5.74) is 0.822. The molecule has 1 aromatic heterocycles. The summed E-state index contributed by atoms with van der Waals surface area (Å²) < 4.78 is 19.2. The molecule has 0 aromatic carbocycles. The van der Waals surface area contributed by atoms with Gasteiger partial charge >= 0.3 is 0 Å². The lowest BCUT2D eigenvalue weighted by molar-refractivity contribution is -0.136. The van der Waals surface area contributed by atoms with Crippen LogP contribution < -0.4 is 4.90 Å². The number of nitrogens with zero attached hydrogens (tertiary/aromatic N) is 4. The van der Waals surface area contributed by atoms with E-state index < -0.39 is 12.2 Å². The average molecular weight is 308 g/mol. The third-order valence-corrected chi connectivity index (χ3v) is 4.10. The number of rotatable bonds is 2. The van der Waals surface area contributed by atoms with Crippen molar-refractivity contribution in [2.45, 2.75) is 32.5 Å². The fourth-order valence-corrected chi connectivity index (χ4v) is 3.11. The molecule has 2 fully saturated rings. The summed E-state index contributed by atoms with van der Waals surface area (Å²) in [5.74, 6) is 1.24. The Kier molecular flexibility index (Phi) is 4.24. The Balaban J connectivity index is 1.83. The van der Waals surface area contributed by atoms with Crippen molar-refractivity contribution in [2.75, 3.05) is 37.7 Å². The van der Waals surface area contributed by atoms with E-state index in [1.54, 1.807) is 16.7 Å². The van der Waals surface area contributed by atoms with Crippen molar-refractivity contribution in [3.05, 3.63) is 17.6 Å². The van der Waals surface area contributed by atoms with Gasteiger partial charge in [-0.3, -0.25) is 4.79 Å². The van der Waals surface area contributed by atoms with E-state index in [9.17, 15) is 9.18 Å². The molecule has 0 aliphatic carbocycles. The lowest BCUT2D eigenvalue weighted by atomic mass is 10.1. The molecule has 2 saturated heterocycles. The maximum absolute atomic E-state index is 14.0. The van der Waals surface area contributed by atoms with Crippen molar-refractivity contribution < 1.29 is 13.9 Å². The number of aromatic nitrogens is 2. The first-order chi connectivity index (χ1) is 10.5. The maximum Gasteiger partial charge on any atom is 0.245 e. The van der Waals surface area contributed by atoms with Gasteiger partial charge in [-0.25, -0.2) is 14.4 Å². The van der Waals surface area contributed by atoms with Crippen LogP contribution in [-0.4, -0.2) is 65.8 Å². The minimum atomic E-state index is -1.01. The molecule has 1 amide bonds. The van der Waals surface area contributed by atoms with Gasteiger partial charge in [-0.1, -0.05) is 0 Å². The number of aryl methyl sites for hydroxylation is 2. The number of carbonyl (C=O) groups excluding carboxylic acids is 1. The van der Waals surface area contributed by atoms with Crippen molar-refractivity contribution >= 4 is 11.7 Å². The van der Waals surface area contributed by atoms with Gasteiger partial charge in [-0.05, 0) is 13.8 Å². The van der Waals surface area contributed by atoms with Gasteiger partial charge in [0, 0.05) is 31.3 Å². The number of hydrogen-bond donors (Lipinski definition) is 0. The highest BCUT2D eigenvalue weighted by Crippen LogP contribution is 2.28. The second kappa shape index (κ2) is 6.16. The molecule has 0 radical (unpaired) electrons. The Hall–Kier alpha value is -1.76. The van der Waals surface area contributed by atoms with Crippen LogP contribution in [0.3, 0.4) is 0 Å². The number of morpholine rings is 1. The Morgan fingerprint density at radius 2 is 2.05 bits per heavy atom. The van der Waals surface area contributed by atoms with Crippen LogP contribution in [0.25, 0.3) is 0 Å². The standard InChI is InChI=1S/C15H21FN4O2/c1-10-7-14(18-11(2)17-10)20-9-12(16)8-13(20)15(21)19-3-5-22-6-4-19/h7,12-13H,3-6,8-9H2,1-2H3/t12-,13+/m1/s1. The summed E-state index contributed by atoms with van der Waals surface area (Å²) >= 11 is 0. The van der Waals surface area contributed by atoms with Crippen LogP contribution >= 0.6 is 0 Å². The van der Waals surface area contributed by atoms with E-state index in [1.165, 1.54) is 0 Å². The van der Waals surface area contributed by atoms with Crippen molar-refractivity contribution in [1.82, 2.24) is 14.9 Å². The average Bonchev–Trinajstić information content (AvgIpc) is 2.88. The summed E-state index contributed by atoms with van der Waals surface area (Å²) in [7, 11) is 0. The van der Waals surface area contributed by atoms with E-state index in [-0.39, 0.29) is 18.9 Å². The molecular formula is C15H21FN4O2. The van der Waals surface area contributed by atoms with Gasteiger partial charge in [0.2, 0.25) is 5.91 Å². The van der Waals surface area contributed by atoms with Crippen molar-refractivity contribution in [1.29, 1.82) is 0 Å².